The maximum Gasteiger partial charge on any atom is 0.342 e. The van der Waals surface area contributed by atoms with Crippen molar-refractivity contribution in [2.45, 2.75) is 17.9 Å². The zero-order valence-electron chi connectivity index (χ0n) is 14.3. The molecule has 0 saturated carbocycles. The third-order valence-electron chi connectivity index (χ3n) is 3.47. The molecule has 0 aromatic heterocycles. The minimum absolute atomic E-state index is 0.245. The molecule has 2 aromatic carbocycles. The van der Waals surface area contributed by atoms with Gasteiger partial charge in [0, 0.05) is 9.92 Å². The van der Waals surface area contributed by atoms with Crippen LogP contribution in [0.1, 0.15) is 17.3 Å². The van der Waals surface area contributed by atoms with E-state index in [2.05, 4.69) is 5.32 Å². The molecule has 0 spiro atoms. The fourth-order valence-corrected chi connectivity index (χ4v) is 2.95. The van der Waals surface area contributed by atoms with Crippen LogP contribution in [0.5, 0.6) is 5.75 Å². The van der Waals surface area contributed by atoms with Crippen molar-refractivity contribution in [1.29, 1.82) is 0 Å². The zero-order valence-corrected chi connectivity index (χ0v) is 16.7. The summed E-state index contributed by atoms with van der Waals surface area (Å²) in [5.74, 6) is -0.781. The van der Waals surface area contributed by atoms with Crippen molar-refractivity contribution in [2.24, 2.45) is 0 Å². The maximum absolute atomic E-state index is 12.4. The van der Waals surface area contributed by atoms with Gasteiger partial charge in [0.25, 0.3) is 5.91 Å². The van der Waals surface area contributed by atoms with E-state index in [9.17, 15) is 9.59 Å². The van der Waals surface area contributed by atoms with Gasteiger partial charge in [-0.25, -0.2) is 4.79 Å². The highest BCUT2D eigenvalue weighted by atomic mass is 35.5. The van der Waals surface area contributed by atoms with Crippen molar-refractivity contribution in [3.8, 4) is 5.75 Å². The van der Waals surface area contributed by atoms with Crippen molar-refractivity contribution < 1.29 is 19.1 Å². The van der Waals surface area contributed by atoms with Crippen molar-refractivity contribution in [3.05, 3.63) is 52.0 Å². The Hall–Kier alpha value is -1.89. The molecule has 0 heterocycles. The number of esters is 1. The average molecular weight is 414 g/mol. The van der Waals surface area contributed by atoms with E-state index in [1.807, 2.05) is 6.26 Å². The number of anilines is 1. The number of hydrogen-bond donors (Lipinski definition) is 1. The van der Waals surface area contributed by atoms with Gasteiger partial charge in [-0.05, 0) is 49.6 Å². The topological polar surface area (TPSA) is 64.6 Å². The van der Waals surface area contributed by atoms with Crippen LogP contribution >= 0.6 is 35.0 Å². The third kappa shape index (κ3) is 5.06. The Kier molecular flexibility index (Phi) is 7.20. The molecule has 1 unspecified atom stereocenters. The second-order valence-corrected chi connectivity index (χ2v) is 6.95. The van der Waals surface area contributed by atoms with Crippen LogP contribution in [-0.2, 0) is 9.53 Å². The van der Waals surface area contributed by atoms with Gasteiger partial charge in [0.2, 0.25) is 0 Å². The van der Waals surface area contributed by atoms with Crippen molar-refractivity contribution in [2.75, 3.05) is 18.7 Å². The molecular formula is C18H17Cl2NO4S. The summed E-state index contributed by atoms with van der Waals surface area (Å²) in [5, 5.41) is 3.34. The third-order valence-corrected chi connectivity index (χ3v) is 4.74. The molecule has 1 N–H and O–H groups in total. The van der Waals surface area contributed by atoms with Gasteiger partial charge in [0.05, 0.1) is 17.8 Å². The van der Waals surface area contributed by atoms with Crippen LogP contribution in [0.4, 0.5) is 5.69 Å². The number of nitrogens with one attached hydrogen (secondary N) is 1. The molecule has 0 fully saturated rings. The predicted octanol–water partition coefficient (Wildman–Crippen LogP) is 4.91. The summed E-state index contributed by atoms with van der Waals surface area (Å²) in [5.41, 5.74) is 0.625. The number of carbonyl (C=O) groups excluding carboxylic acids is 2. The van der Waals surface area contributed by atoms with Crippen LogP contribution in [0.15, 0.2) is 41.3 Å². The SMILES string of the molecule is COc1cc(SC)ccc1C(=O)OC(C)C(=O)Nc1ccc(Cl)cc1Cl. The quantitative estimate of drug-likeness (QED) is 0.538. The molecule has 0 aliphatic rings. The van der Waals surface area contributed by atoms with Gasteiger partial charge in [-0.3, -0.25) is 4.79 Å². The molecule has 0 aliphatic carbocycles. The average Bonchev–Trinajstić information content (AvgIpc) is 2.63. The molecule has 5 nitrogen and oxygen atoms in total. The maximum atomic E-state index is 12.4. The lowest BCUT2D eigenvalue weighted by Crippen LogP contribution is -2.30. The van der Waals surface area contributed by atoms with Crippen molar-refractivity contribution >= 4 is 52.5 Å². The molecule has 1 atom stereocenters. The van der Waals surface area contributed by atoms with E-state index in [1.54, 1.807) is 30.3 Å². The summed E-state index contributed by atoms with van der Waals surface area (Å²) < 4.78 is 10.5. The first-order valence-corrected chi connectivity index (χ1v) is 9.52. The summed E-state index contributed by atoms with van der Waals surface area (Å²) in [6.07, 6.45) is 0.889. The predicted molar refractivity (Wildman–Crippen MR) is 105 cm³/mol. The van der Waals surface area contributed by atoms with Gasteiger partial charge in [-0.15, -0.1) is 11.8 Å². The van der Waals surface area contributed by atoms with Gasteiger partial charge in [-0.2, -0.15) is 0 Å². The number of ether oxygens (including phenoxy) is 2. The molecule has 0 radical (unpaired) electrons. The van der Waals surface area contributed by atoms with Crippen molar-refractivity contribution in [1.82, 2.24) is 0 Å². The van der Waals surface area contributed by atoms with E-state index >= 15 is 0 Å². The van der Waals surface area contributed by atoms with Crippen LogP contribution < -0.4 is 10.1 Å². The second-order valence-electron chi connectivity index (χ2n) is 5.23. The standard InChI is InChI=1S/C18H17Cl2NO4S/c1-10(17(22)21-15-7-4-11(19)8-14(15)20)25-18(23)13-6-5-12(26-3)9-16(13)24-2/h4-10H,1-3H3,(H,21,22). The van der Waals surface area contributed by atoms with E-state index in [0.29, 0.717) is 21.5 Å². The molecule has 0 bridgehead atoms. The number of rotatable bonds is 6. The van der Waals surface area contributed by atoms with Crippen LogP contribution in [0, 0.1) is 0 Å². The molecule has 0 saturated heterocycles. The van der Waals surface area contributed by atoms with Crippen LogP contribution in [0.25, 0.3) is 0 Å². The molecular weight excluding hydrogens is 397 g/mol. The number of thioether (sulfide) groups is 1. The summed E-state index contributed by atoms with van der Waals surface area (Å²) >= 11 is 13.4. The lowest BCUT2D eigenvalue weighted by Gasteiger charge is -2.15. The van der Waals surface area contributed by atoms with Gasteiger partial charge in [0.15, 0.2) is 6.10 Å². The van der Waals surface area contributed by atoms with E-state index in [-0.39, 0.29) is 5.56 Å². The first-order valence-electron chi connectivity index (χ1n) is 7.54. The summed E-state index contributed by atoms with van der Waals surface area (Å²) in [6, 6.07) is 9.79. The largest absolute Gasteiger partial charge is 0.496 e. The Bertz CT molecular complexity index is 829. The Morgan fingerprint density at radius 2 is 1.88 bits per heavy atom. The summed E-state index contributed by atoms with van der Waals surface area (Å²) in [6.45, 7) is 1.47. The van der Waals surface area contributed by atoms with Crippen LogP contribution in [0.3, 0.4) is 0 Å². The first-order chi connectivity index (χ1) is 12.3. The van der Waals surface area contributed by atoms with Gasteiger partial charge >= 0.3 is 5.97 Å². The highest BCUT2D eigenvalue weighted by molar-refractivity contribution is 7.98. The Morgan fingerprint density at radius 3 is 2.50 bits per heavy atom. The monoisotopic (exact) mass is 413 g/mol. The summed E-state index contributed by atoms with van der Waals surface area (Å²) in [4.78, 5) is 25.6. The van der Waals surface area contributed by atoms with Gasteiger partial charge < -0.3 is 14.8 Å². The second kappa shape index (κ2) is 9.16. The van der Waals surface area contributed by atoms with E-state index in [1.165, 1.54) is 31.9 Å². The van der Waals surface area contributed by atoms with Gasteiger partial charge in [-0.1, -0.05) is 23.2 Å². The van der Waals surface area contributed by atoms with E-state index in [4.69, 9.17) is 32.7 Å². The van der Waals surface area contributed by atoms with Gasteiger partial charge in [0.1, 0.15) is 11.3 Å². The smallest absolute Gasteiger partial charge is 0.342 e. The van der Waals surface area contributed by atoms with E-state index < -0.39 is 18.0 Å². The Balaban J connectivity index is 2.07. The zero-order chi connectivity index (χ0) is 19.3. The minimum Gasteiger partial charge on any atom is -0.496 e. The molecule has 1 amide bonds. The fourth-order valence-electron chi connectivity index (χ4n) is 2.07. The highest BCUT2D eigenvalue weighted by Gasteiger charge is 2.22. The Morgan fingerprint density at radius 1 is 1.15 bits per heavy atom. The number of carbonyl (C=O) groups is 2. The molecule has 2 aromatic rings. The molecule has 0 aliphatic heterocycles. The lowest BCUT2D eigenvalue weighted by molar-refractivity contribution is -0.123. The first kappa shape index (κ1) is 20.4. The normalized spacial score (nSPS) is 11.6. The highest BCUT2D eigenvalue weighted by Crippen LogP contribution is 2.27. The van der Waals surface area contributed by atoms with Crippen LogP contribution in [0.2, 0.25) is 10.0 Å². The molecule has 26 heavy (non-hydrogen) atoms. The van der Waals surface area contributed by atoms with Crippen molar-refractivity contribution in [3.63, 3.8) is 0 Å². The number of methoxy groups -OCH3 is 1. The summed E-state index contributed by atoms with van der Waals surface area (Å²) in [7, 11) is 1.47. The Labute approximate surface area is 166 Å². The number of benzene rings is 2. The lowest BCUT2D eigenvalue weighted by atomic mass is 10.2. The molecule has 2 rings (SSSR count). The fraction of sp³-hybridized carbons (Fsp3) is 0.222. The molecule has 138 valence electrons. The van der Waals surface area contributed by atoms with Crippen LogP contribution in [-0.4, -0.2) is 31.3 Å². The minimum atomic E-state index is -1.03. The van der Waals surface area contributed by atoms with E-state index in [0.717, 1.165) is 4.90 Å². The number of hydrogen-bond acceptors (Lipinski definition) is 5. The number of amides is 1. The molecule has 8 heteroatoms. The number of halogens is 2.